The predicted octanol–water partition coefficient (Wildman–Crippen LogP) is 3.58. The number of rotatable bonds is 4. The Bertz CT molecular complexity index is 635. The number of aromatic nitrogens is 1. The quantitative estimate of drug-likeness (QED) is 0.864. The first kappa shape index (κ1) is 13.3. The molecule has 116 valence electrons. The molecule has 0 N–H and O–H groups in total. The number of hydrogen-bond donors (Lipinski definition) is 0. The fraction of sp³-hybridized carbons (Fsp3) is 0.588. The van der Waals surface area contributed by atoms with Crippen molar-refractivity contribution in [2.24, 2.45) is 5.92 Å². The summed E-state index contributed by atoms with van der Waals surface area (Å²) in [5.41, 5.74) is 1.31. The molecule has 4 nitrogen and oxygen atoms in total. The summed E-state index contributed by atoms with van der Waals surface area (Å²) >= 11 is 1.79. The molecule has 0 unspecified atom stereocenters. The molecule has 3 fully saturated rings. The Balaban J connectivity index is 1.22. The van der Waals surface area contributed by atoms with Crippen molar-refractivity contribution in [3.8, 4) is 0 Å². The van der Waals surface area contributed by atoms with Crippen molar-refractivity contribution in [1.82, 2.24) is 9.88 Å². The Labute approximate surface area is 134 Å². The Hall–Kier alpha value is -1.17. The smallest absolute Gasteiger partial charge is 0.122 e. The molecule has 5 rings (SSSR count). The minimum Gasteiger partial charge on any atom is -0.468 e. The normalized spacial score (nSPS) is 31.7. The van der Waals surface area contributed by atoms with Crippen LogP contribution < -0.4 is 0 Å². The van der Waals surface area contributed by atoms with Gasteiger partial charge in [-0.2, -0.15) is 0 Å². The van der Waals surface area contributed by atoms with E-state index in [-0.39, 0.29) is 6.10 Å². The molecule has 1 saturated carbocycles. The molecule has 0 aromatic carbocycles. The van der Waals surface area contributed by atoms with E-state index in [1.807, 2.05) is 12.1 Å². The van der Waals surface area contributed by atoms with Crippen LogP contribution >= 0.6 is 11.3 Å². The van der Waals surface area contributed by atoms with Crippen molar-refractivity contribution in [3.05, 3.63) is 40.2 Å². The molecule has 4 heterocycles. The van der Waals surface area contributed by atoms with Crippen LogP contribution in [0.4, 0.5) is 0 Å². The van der Waals surface area contributed by atoms with E-state index in [0.717, 1.165) is 37.7 Å². The van der Waals surface area contributed by atoms with Gasteiger partial charge in [0.2, 0.25) is 0 Å². The van der Waals surface area contributed by atoms with Gasteiger partial charge in [-0.15, -0.1) is 11.3 Å². The van der Waals surface area contributed by atoms with E-state index >= 15 is 0 Å². The Morgan fingerprint density at radius 2 is 2.27 bits per heavy atom. The lowest BCUT2D eigenvalue weighted by Crippen LogP contribution is -2.23. The number of nitrogens with zero attached hydrogens (tertiary/aromatic N) is 2. The van der Waals surface area contributed by atoms with Crippen LogP contribution in [0.15, 0.2) is 28.2 Å². The molecule has 0 amide bonds. The summed E-state index contributed by atoms with van der Waals surface area (Å²) in [7, 11) is 0. The number of fused-ring (bicyclic) bond motifs is 1. The van der Waals surface area contributed by atoms with Gasteiger partial charge in [-0.3, -0.25) is 4.90 Å². The molecule has 5 heteroatoms. The third-order valence-electron chi connectivity index (χ3n) is 5.08. The maximum absolute atomic E-state index is 6.31. The van der Waals surface area contributed by atoms with Gasteiger partial charge in [0, 0.05) is 30.3 Å². The van der Waals surface area contributed by atoms with Crippen LogP contribution in [0.3, 0.4) is 0 Å². The minimum atomic E-state index is 0.235. The molecule has 0 bridgehead atoms. The highest BCUT2D eigenvalue weighted by molar-refractivity contribution is 7.09. The minimum absolute atomic E-state index is 0.235. The third kappa shape index (κ3) is 2.41. The zero-order valence-electron chi connectivity index (χ0n) is 12.5. The molecule has 2 aromatic heterocycles. The number of likely N-dealkylation sites (tertiary alicyclic amines) is 1. The summed E-state index contributed by atoms with van der Waals surface area (Å²) in [4.78, 5) is 7.27. The number of hydrogen-bond acceptors (Lipinski definition) is 5. The monoisotopic (exact) mass is 316 g/mol. The highest BCUT2D eigenvalue weighted by atomic mass is 32.1. The highest BCUT2D eigenvalue weighted by Crippen LogP contribution is 2.45. The highest BCUT2D eigenvalue weighted by Gasteiger charge is 2.43. The van der Waals surface area contributed by atoms with Crippen molar-refractivity contribution in [2.45, 2.75) is 43.9 Å². The first-order chi connectivity index (χ1) is 10.8. The number of ether oxygens (including phenoxy) is 1. The lowest BCUT2D eigenvalue weighted by atomic mass is 10.0. The van der Waals surface area contributed by atoms with Crippen molar-refractivity contribution in [3.63, 3.8) is 0 Å². The van der Waals surface area contributed by atoms with E-state index in [9.17, 15) is 0 Å². The Morgan fingerprint density at radius 1 is 1.32 bits per heavy atom. The van der Waals surface area contributed by atoms with E-state index < -0.39 is 0 Å². The zero-order chi connectivity index (χ0) is 14.5. The van der Waals surface area contributed by atoms with Gasteiger partial charge >= 0.3 is 0 Å². The second-order valence-corrected chi connectivity index (χ2v) is 7.71. The van der Waals surface area contributed by atoms with Gasteiger partial charge in [0.15, 0.2) is 0 Å². The van der Waals surface area contributed by atoms with E-state index in [1.165, 1.54) is 23.5 Å². The van der Waals surface area contributed by atoms with Crippen LogP contribution in [-0.4, -0.2) is 29.1 Å². The molecule has 22 heavy (non-hydrogen) atoms. The summed E-state index contributed by atoms with van der Waals surface area (Å²) in [5.74, 6) is 2.44. The summed E-state index contributed by atoms with van der Waals surface area (Å²) in [6.45, 7) is 3.03. The van der Waals surface area contributed by atoms with Crippen molar-refractivity contribution >= 4 is 11.3 Å². The van der Waals surface area contributed by atoms with Gasteiger partial charge in [-0.05, 0) is 31.4 Å². The first-order valence-electron chi connectivity index (χ1n) is 8.20. The van der Waals surface area contributed by atoms with Crippen LogP contribution in [0.2, 0.25) is 0 Å². The molecule has 2 saturated heterocycles. The van der Waals surface area contributed by atoms with Crippen LogP contribution in [0, 0.1) is 5.92 Å². The molecule has 3 atom stereocenters. The molecule has 1 aliphatic carbocycles. The maximum atomic E-state index is 6.31. The SMILES string of the molecule is c1coc(CN2C[C@@H]3C[C@@H](c4nc(C5CC5)cs4)O[C@@H]3C2)c1. The summed E-state index contributed by atoms with van der Waals surface area (Å²) in [5, 5.41) is 3.45. The number of thiazole rings is 1. The third-order valence-corrected chi connectivity index (χ3v) is 6.04. The zero-order valence-corrected chi connectivity index (χ0v) is 13.3. The fourth-order valence-electron chi connectivity index (χ4n) is 3.78. The molecule has 3 aliphatic rings. The van der Waals surface area contributed by atoms with E-state index in [4.69, 9.17) is 14.1 Å². The average molecular weight is 316 g/mol. The van der Waals surface area contributed by atoms with E-state index in [2.05, 4.69) is 10.3 Å². The Morgan fingerprint density at radius 3 is 3.05 bits per heavy atom. The average Bonchev–Trinajstić information content (AvgIpc) is 2.93. The van der Waals surface area contributed by atoms with Crippen molar-refractivity contribution < 1.29 is 9.15 Å². The summed E-state index contributed by atoms with van der Waals surface area (Å²) < 4.78 is 11.8. The van der Waals surface area contributed by atoms with Crippen molar-refractivity contribution in [1.29, 1.82) is 0 Å². The lowest BCUT2D eigenvalue weighted by Gasteiger charge is -2.17. The van der Waals surface area contributed by atoms with Gasteiger partial charge in [0.25, 0.3) is 0 Å². The topological polar surface area (TPSA) is 38.5 Å². The molecule has 0 radical (unpaired) electrons. The van der Waals surface area contributed by atoms with Crippen LogP contribution in [0.1, 0.15) is 47.7 Å². The Kier molecular flexibility index (Phi) is 3.13. The first-order valence-corrected chi connectivity index (χ1v) is 9.08. The van der Waals surface area contributed by atoms with Crippen LogP contribution in [0.5, 0.6) is 0 Å². The molecular weight excluding hydrogens is 296 g/mol. The maximum Gasteiger partial charge on any atom is 0.122 e. The van der Waals surface area contributed by atoms with Gasteiger partial charge in [-0.1, -0.05) is 0 Å². The summed E-state index contributed by atoms with van der Waals surface area (Å²) in [6.07, 6.45) is 6.12. The van der Waals surface area contributed by atoms with Gasteiger partial charge in [0.1, 0.15) is 16.9 Å². The van der Waals surface area contributed by atoms with Crippen LogP contribution in [-0.2, 0) is 11.3 Å². The largest absolute Gasteiger partial charge is 0.468 e. The lowest BCUT2D eigenvalue weighted by molar-refractivity contribution is 0.0364. The van der Waals surface area contributed by atoms with E-state index in [0.29, 0.717) is 12.0 Å². The predicted molar refractivity (Wildman–Crippen MR) is 83.8 cm³/mol. The second kappa shape index (κ2) is 5.18. The second-order valence-electron chi connectivity index (χ2n) is 6.82. The summed E-state index contributed by atoms with van der Waals surface area (Å²) in [6, 6.07) is 4.01. The standard InChI is InChI=1S/C17H20N2O2S/c1-2-13(20-5-1)8-19-7-12-6-15(21-16(12)9-19)17-18-14(10-22-17)11-3-4-11/h1-2,5,10-12,15-16H,3-4,6-9H2/t12-,15-,16+/m0/s1. The molecule has 2 aromatic rings. The molecular formula is C17H20N2O2S. The van der Waals surface area contributed by atoms with Gasteiger partial charge < -0.3 is 9.15 Å². The van der Waals surface area contributed by atoms with Gasteiger partial charge in [0.05, 0.1) is 24.6 Å². The number of furan rings is 1. The molecule has 2 aliphatic heterocycles. The van der Waals surface area contributed by atoms with E-state index in [1.54, 1.807) is 17.6 Å². The van der Waals surface area contributed by atoms with Gasteiger partial charge in [-0.25, -0.2) is 4.98 Å². The fourth-order valence-corrected chi connectivity index (χ4v) is 4.72. The van der Waals surface area contributed by atoms with Crippen LogP contribution in [0.25, 0.3) is 0 Å². The van der Waals surface area contributed by atoms with Crippen molar-refractivity contribution in [2.75, 3.05) is 13.1 Å². The molecule has 0 spiro atoms.